The van der Waals surface area contributed by atoms with Crippen LogP contribution in [0.4, 0.5) is 15.5 Å². The van der Waals surface area contributed by atoms with Crippen molar-refractivity contribution < 1.29 is 23.9 Å². The third-order valence-electron chi connectivity index (χ3n) is 6.51. The number of ether oxygens (including phenoxy) is 1. The quantitative estimate of drug-likeness (QED) is 0.362. The molecule has 2 aromatic carbocycles. The molecule has 3 N–H and O–H groups in total. The van der Waals surface area contributed by atoms with Crippen LogP contribution in [0.2, 0.25) is 0 Å². The molecule has 0 atom stereocenters. The lowest BCUT2D eigenvalue weighted by atomic mass is 9.99. The SMILES string of the molecule is C[N+]1(C)CCC(OC(=O)Nc2cc(CCC(=O)Nc3ccc(CO)s3)ccc2-c2ccccc2)CC1. The predicted molar refractivity (Wildman–Crippen MR) is 144 cm³/mol. The Labute approximate surface area is 216 Å². The lowest BCUT2D eigenvalue weighted by Crippen LogP contribution is -2.48. The minimum atomic E-state index is -0.448. The first-order chi connectivity index (χ1) is 17.3. The van der Waals surface area contributed by atoms with E-state index in [1.807, 2.05) is 48.5 Å². The van der Waals surface area contributed by atoms with Crippen LogP contribution < -0.4 is 10.6 Å². The van der Waals surface area contributed by atoms with Crippen LogP contribution in [0.15, 0.2) is 60.7 Å². The summed E-state index contributed by atoms with van der Waals surface area (Å²) in [4.78, 5) is 26.1. The molecule has 0 aliphatic carbocycles. The maximum Gasteiger partial charge on any atom is 0.411 e. The summed E-state index contributed by atoms with van der Waals surface area (Å²) in [6, 6.07) is 19.4. The number of aliphatic hydroxyl groups is 1. The van der Waals surface area contributed by atoms with Crippen LogP contribution in [0.3, 0.4) is 0 Å². The van der Waals surface area contributed by atoms with Crippen LogP contribution in [0.25, 0.3) is 11.1 Å². The molecule has 1 aliphatic rings. The van der Waals surface area contributed by atoms with Gasteiger partial charge in [-0.05, 0) is 35.7 Å². The summed E-state index contributed by atoms with van der Waals surface area (Å²) in [5.41, 5.74) is 3.50. The Morgan fingerprint density at radius 1 is 1.03 bits per heavy atom. The third kappa shape index (κ3) is 7.16. The first kappa shape index (κ1) is 25.9. The largest absolute Gasteiger partial charge is 0.446 e. The van der Waals surface area contributed by atoms with Gasteiger partial charge in [0, 0.05) is 29.7 Å². The molecular weight excluding hydrogens is 474 g/mol. The number of likely N-dealkylation sites (tertiary alicyclic amines) is 1. The highest BCUT2D eigenvalue weighted by Gasteiger charge is 2.28. The van der Waals surface area contributed by atoms with Gasteiger partial charge in [0.2, 0.25) is 5.91 Å². The molecule has 7 nitrogen and oxygen atoms in total. The third-order valence-corrected chi connectivity index (χ3v) is 7.50. The van der Waals surface area contributed by atoms with Crippen LogP contribution in [-0.2, 0) is 22.6 Å². The van der Waals surface area contributed by atoms with E-state index >= 15 is 0 Å². The number of amides is 2. The number of nitrogens with one attached hydrogen (secondary N) is 2. The van der Waals surface area contributed by atoms with Crippen molar-refractivity contribution in [3.63, 3.8) is 0 Å². The van der Waals surface area contributed by atoms with Crippen molar-refractivity contribution in [3.8, 4) is 11.1 Å². The van der Waals surface area contributed by atoms with E-state index in [0.717, 1.165) is 57.0 Å². The van der Waals surface area contributed by atoms with E-state index in [2.05, 4.69) is 24.7 Å². The molecule has 1 aromatic heterocycles. The summed E-state index contributed by atoms with van der Waals surface area (Å²) in [6.45, 7) is 1.93. The molecule has 36 heavy (non-hydrogen) atoms. The van der Waals surface area contributed by atoms with E-state index in [0.29, 0.717) is 18.5 Å². The van der Waals surface area contributed by atoms with Gasteiger partial charge in [-0.15, -0.1) is 11.3 Å². The molecule has 1 saturated heterocycles. The second-order valence-electron chi connectivity index (χ2n) is 9.83. The number of carbonyl (C=O) groups excluding carboxylic acids is 2. The summed E-state index contributed by atoms with van der Waals surface area (Å²) in [7, 11) is 4.39. The molecule has 190 valence electrons. The van der Waals surface area contributed by atoms with Gasteiger partial charge < -0.3 is 19.6 Å². The number of piperidine rings is 1. The number of quaternary nitrogens is 1. The van der Waals surface area contributed by atoms with E-state index in [4.69, 9.17) is 4.74 Å². The molecule has 0 unspecified atom stereocenters. The highest BCUT2D eigenvalue weighted by molar-refractivity contribution is 7.16. The second-order valence-corrected chi connectivity index (χ2v) is 11.0. The fourth-order valence-corrected chi connectivity index (χ4v) is 5.14. The van der Waals surface area contributed by atoms with E-state index in [-0.39, 0.29) is 18.6 Å². The number of rotatable bonds is 8. The highest BCUT2D eigenvalue weighted by Crippen LogP contribution is 2.30. The summed E-state index contributed by atoms with van der Waals surface area (Å²) < 4.78 is 6.70. The lowest BCUT2D eigenvalue weighted by Gasteiger charge is -2.36. The van der Waals surface area contributed by atoms with Crippen molar-refractivity contribution in [2.24, 2.45) is 0 Å². The summed E-state index contributed by atoms with van der Waals surface area (Å²) in [5.74, 6) is -0.0963. The lowest BCUT2D eigenvalue weighted by molar-refractivity contribution is -0.896. The fraction of sp³-hybridized carbons (Fsp3) is 0.357. The molecule has 2 heterocycles. The molecule has 8 heteroatoms. The standard InChI is InChI=1S/C28H33N3O4S/c1-31(2)16-14-22(15-17-31)35-28(34)29-25-18-20(8-11-24(25)21-6-4-3-5-7-21)9-12-26(33)30-27-13-10-23(19-32)36-27/h3-8,10-11,13,18,22,32H,9,12,14-17,19H2,1-2H3,(H-,29,30,33,34)/p+1. The molecule has 0 bridgehead atoms. The molecule has 0 spiro atoms. The van der Waals surface area contributed by atoms with Gasteiger partial charge in [0.05, 0.1) is 44.5 Å². The summed E-state index contributed by atoms with van der Waals surface area (Å²) in [6.07, 6.45) is 2.01. The van der Waals surface area contributed by atoms with E-state index in [1.54, 1.807) is 12.1 Å². The van der Waals surface area contributed by atoms with Gasteiger partial charge in [0.25, 0.3) is 0 Å². The van der Waals surface area contributed by atoms with Crippen molar-refractivity contribution >= 4 is 34.0 Å². The molecular formula is C28H34N3O4S+. The first-order valence-corrected chi connectivity index (χ1v) is 13.1. The molecule has 0 radical (unpaired) electrons. The molecule has 3 aromatic rings. The monoisotopic (exact) mass is 508 g/mol. The number of nitrogens with zero attached hydrogens (tertiary/aromatic N) is 1. The number of thiophene rings is 1. The van der Waals surface area contributed by atoms with Crippen LogP contribution in [0.1, 0.15) is 29.7 Å². The Balaban J connectivity index is 1.43. The van der Waals surface area contributed by atoms with Crippen molar-refractivity contribution in [3.05, 3.63) is 71.1 Å². The number of aryl methyl sites for hydroxylation is 1. The minimum absolute atomic E-state index is 0.0372. The van der Waals surface area contributed by atoms with Crippen LogP contribution >= 0.6 is 11.3 Å². The number of hydrogen-bond donors (Lipinski definition) is 3. The van der Waals surface area contributed by atoms with Gasteiger partial charge in [-0.2, -0.15) is 0 Å². The Morgan fingerprint density at radius 2 is 1.78 bits per heavy atom. The molecule has 1 fully saturated rings. The summed E-state index contributed by atoms with van der Waals surface area (Å²) >= 11 is 1.36. The highest BCUT2D eigenvalue weighted by atomic mass is 32.1. The zero-order valence-electron chi connectivity index (χ0n) is 20.8. The molecule has 4 rings (SSSR count). The Kier molecular flexibility index (Phi) is 8.40. The minimum Gasteiger partial charge on any atom is -0.446 e. The van der Waals surface area contributed by atoms with Crippen LogP contribution in [0.5, 0.6) is 0 Å². The van der Waals surface area contributed by atoms with Crippen LogP contribution in [-0.4, -0.2) is 54.9 Å². The van der Waals surface area contributed by atoms with E-state index in [1.165, 1.54) is 11.3 Å². The number of carbonyl (C=O) groups is 2. The van der Waals surface area contributed by atoms with Crippen molar-refractivity contribution in [1.82, 2.24) is 0 Å². The van der Waals surface area contributed by atoms with Crippen molar-refractivity contribution in [2.45, 2.75) is 38.4 Å². The second kappa shape index (κ2) is 11.7. The number of benzene rings is 2. The number of anilines is 2. The maximum absolute atomic E-state index is 12.8. The smallest absolute Gasteiger partial charge is 0.411 e. The number of hydrogen-bond acceptors (Lipinski definition) is 5. The zero-order valence-corrected chi connectivity index (χ0v) is 21.6. The van der Waals surface area contributed by atoms with Gasteiger partial charge >= 0.3 is 6.09 Å². The van der Waals surface area contributed by atoms with Gasteiger partial charge in [-0.3, -0.25) is 10.1 Å². The molecule has 1 aliphatic heterocycles. The van der Waals surface area contributed by atoms with Gasteiger partial charge in [-0.25, -0.2) is 4.79 Å². The van der Waals surface area contributed by atoms with Crippen LogP contribution in [0, 0.1) is 0 Å². The Bertz CT molecular complexity index is 1180. The summed E-state index contributed by atoms with van der Waals surface area (Å²) in [5, 5.41) is 15.8. The molecule has 0 saturated carbocycles. The van der Waals surface area contributed by atoms with E-state index < -0.39 is 6.09 Å². The average Bonchev–Trinajstić information content (AvgIpc) is 3.32. The molecule has 2 amide bonds. The fourth-order valence-electron chi connectivity index (χ4n) is 4.36. The normalized spacial score (nSPS) is 15.3. The predicted octanol–water partition coefficient (Wildman–Crippen LogP) is 5.27. The Morgan fingerprint density at radius 3 is 2.47 bits per heavy atom. The maximum atomic E-state index is 12.8. The average molecular weight is 509 g/mol. The van der Waals surface area contributed by atoms with Crippen molar-refractivity contribution in [2.75, 3.05) is 37.8 Å². The van der Waals surface area contributed by atoms with Gasteiger partial charge in [-0.1, -0.05) is 42.5 Å². The Hall–Kier alpha value is -3.20. The number of aliphatic hydroxyl groups excluding tert-OH is 1. The van der Waals surface area contributed by atoms with Crippen molar-refractivity contribution in [1.29, 1.82) is 0 Å². The van der Waals surface area contributed by atoms with Gasteiger partial charge in [0.1, 0.15) is 6.10 Å². The first-order valence-electron chi connectivity index (χ1n) is 12.3. The topological polar surface area (TPSA) is 87.7 Å². The zero-order chi connectivity index (χ0) is 25.5. The van der Waals surface area contributed by atoms with E-state index in [9.17, 15) is 14.7 Å². The van der Waals surface area contributed by atoms with Gasteiger partial charge in [0.15, 0.2) is 0 Å².